The van der Waals surface area contributed by atoms with E-state index in [9.17, 15) is 4.79 Å². The van der Waals surface area contributed by atoms with Crippen molar-refractivity contribution in [3.63, 3.8) is 0 Å². The summed E-state index contributed by atoms with van der Waals surface area (Å²) in [6, 6.07) is 13.5. The summed E-state index contributed by atoms with van der Waals surface area (Å²) in [5.74, 6) is 1.02. The molecule has 1 aliphatic rings. The highest BCUT2D eigenvalue weighted by atomic mass is 32.1. The standard InChI is InChI=1S/C23H26N4O2S/c1-29-19-8-4-6-17(14-19)15-27-12-5-7-18(16-27)21(23-25-11-13-30-23)26-22(28)20-9-2-3-10-24-20/h2-4,6,8-11,13-14,18,21H,5,7,12,15-16H2,1H3,(H,26,28)/t18-,21+/m0/s1. The van der Waals surface area contributed by atoms with E-state index in [4.69, 9.17) is 4.74 Å². The Morgan fingerprint density at radius 1 is 1.27 bits per heavy atom. The first kappa shape index (κ1) is 20.5. The van der Waals surface area contributed by atoms with Crippen LogP contribution in [0.3, 0.4) is 0 Å². The number of amides is 1. The van der Waals surface area contributed by atoms with Crippen molar-refractivity contribution in [2.75, 3.05) is 20.2 Å². The molecule has 7 heteroatoms. The Bertz CT molecular complexity index is 949. The smallest absolute Gasteiger partial charge is 0.270 e. The van der Waals surface area contributed by atoms with Crippen molar-refractivity contribution >= 4 is 17.2 Å². The molecule has 30 heavy (non-hydrogen) atoms. The number of methoxy groups -OCH3 is 1. The number of rotatable bonds is 7. The predicted octanol–water partition coefficient (Wildman–Crippen LogP) is 3.93. The molecule has 0 aliphatic carbocycles. The molecule has 4 rings (SSSR count). The number of pyridine rings is 1. The fourth-order valence-corrected chi connectivity index (χ4v) is 4.80. The minimum atomic E-state index is -0.152. The van der Waals surface area contributed by atoms with Gasteiger partial charge in [0.1, 0.15) is 16.5 Å². The van der Waals surface area contributed by atoms with Gasteiger partial charge in [0.2, 0.25) is 0 Å². The van der Waals surface area contributed by atoms with Gasteiger partial charge < -0.3 is 10.1 Å². The summed E-state index contributed by atoms with van der Waals surface area (Å²) in [4.78, 5) is 24.0. The number of likely N-dealkylation sites (tertiary alicyclic amines) is 1. The summed E-state index contributed by atoms with van der Waals surface area (Å²) in [5, 5.41) is 6.12. The molecule has 1 aliphatic heterocycles. The quantitative estimate of drug-likeness (QED) is 0.625. The van der Waals surface area contributed by atoms with Gasteiger partial charge in [-0.25, -0.2) is 4.98 Å². The maximum absolute atomic E-state index is 12.8. The summed E-state index contributed by atoms with van der Waals surface area (Å²) in [7, 11) is 1.69. The number of nitrogens with one attached hydrogen (secondary N) is 1. The van der Waals surface area contributed by atoms with E-state index in [2.05, 4.69) is 32.3 Å². The Morgan fingerprint density at radius 3 is 2.97 bits per heavy atom. The van der Waals surface area contributed by atoms with E-state index < -0.39 is 0 Å². The molecule has 0 radical (unpaired) electrons. The average molecular weight is 423 g/mol. The summed E-state index contributed by atoms with van der Waals surface area (Å²) in [6.07, 6.45) is 5.60. The first-order valence-corrected chi connectivity index (χ1v) is 11.1. The molecule has 0 bridgehead atoms. The molecule has 0 saturated carbocycles. The van der Waals surface area contributed by atoms with Crippen molar-refractivity contribution in [2.45, 2.75) is 25.4 Å². The van der Waals surface area contributed by atoms with Crippen molar-refractivity contribution in [3.8, 4) is 5.75 Å². The maximum atomic E-state index is 12.8. The summed E-state index contributed by atoms with van der Waals surface area (Å²) >= 11 is 1.59. The highest BCUT2D eigenvalue weighted by molar-refractivity contribution is 7.09. The number of piperidine rings is 1. The average Bonchev–Trinajstić information content (AvgIpc) is 3.33. The van der Waals surface area contributed by atoms with E-state index >= 15 is 0 Å². The van der Waals surface area contributed by atoms with Gasteiger partial charge in [-0.05, 0) is 55.1 Å². The molecule has 1 aromatic carbocycles. The van der Waals surface area contributed by atoms with Gasteiger partial charge >= 0.3 is 0 Å². The van der Waals surface area contributed by atoms with Gasteiger partial charge in [-0.15, -0.1) is 11.3 Å². The molecule has 0 spiro atoms. The Hall–Kier alpha value is -2.77. The van der Waals surface area contributed by atoms with Crippen LogP contribution in [0.15, 0.2) is 60.2 Å². The molecular weight excluding hydrogens is 396 g/mol. The minimum absolute atomic E-state index is 0.118. The number of nitrogens with zero attached hydrogens (tertiary/aromatic N) is 3. The lowest BCUT2D eigenvalue weighted by Gasteiger charge is -2.36. The van der Waals surface area contributed by atoms with Crippen LogP contribution >= 0.6 is 11.3 Å². The van der Waals surface area contributed by atoms with Gasteiger partial charge in [0.05, 0.1) is 13.2 Å². The van der Waals surface area contributed by atoms with E-state index in [1.165, 1.54) is 5.56 Å². The molecule has 1 fully saturated rings. The number of ether oxygens (including phenoxy) is 1. The second-order valence-electron chi connectivity index (χ2n) is 7.53. The zero-order valence-corrected chi connectivity index (χ0v) is 17.8. The molecule has 0 unspecified atom stereocenters. The Kier molecular flexibility index (Phi) is 6.71. The lowest BCUT2D eigenvalue weighted by molar-refractivity contribution is 0.0873. The van der Waals surface area contributed by atoms with E-state index in [-0.39, 0.29) is 11.9 Å². The third-order valence-electron chi connectivity index (χ3n) is 5.46. The van der Waals surface area contributed by atoms with Crippen LogP contribution in [0.5, 0.6) is 5.75 Å². The van der Waals surface area contributed by atoms with E-state index in [1.807, 2.05) is 29.6 Å². The molecule has 3 heterocycles. The van der Waals surface area contributed by atoms with Crippen LogP contribution in [-0.2, 0) is 6.54 Å². The fraction of sp³-hybridized carbons (Fsp3) is 0.348. The van der Waals surface area contributed by atoms with Gasteiger partial charge in [-0.2, -0.15) is 0 Å². The van der Waals surface area contributed by atoms with E-state index in [0.29, 0.717) is 11.6 Å². The van der Waals surface area contributed by atoms with Crippen LogP contribution in [0.2, 0.25) is 0 Å². The minimum Gasteiger partial charge on any atom is -0.497 e. The monoisotopic (exact) mass is 422 g/mol. The van der Waals surface area contributed by atoms with E-state index in [1.54, 1.807) is 36.9 Å². The van der Waals surface area contributed by atoms with Crippen LogP contribution in [0.1, 0.15) is 39.9 Å². The third-order valence-corrected chi connectivity index (χ3v) is 6.31. The van der Waals surface area contributed by atoms with Gasteiger partial charge in [-0.3, -0.25) is 14.7 Å². The van der Waals surface area contributed by atoms with Gasteiger partial charge in [0, 0.05) is 30.9 Å². The van der Waals surface area contributed by atoms with Crippen LogP contribution in [0.4, 0.5) is 0 Å². The number of hydrogen-bond donors (Lipinski definition) is 1. The second-order valence-corrected chi connectivity index (χ2v) is 8.45. The molecule has 1 N–H and O–H groups in total. The summed E-state index contributed by atoms with van der Waals surface area (Å²) < 4.78 is 5.36. The Morgan fingerprint density at radius 2 is 2.20 bits per heavy atom. The number of benzene rings is 1. The second kappa shape index (κ2) is 9.82. The Balaban J connectivity index is 1.48. The van der Waals surface area contributed by atoms with Crippen molar-refractivity contribution in [3.05, 3.63) is 76.5 Å². The van der Waals surface area contributed by atoms with Crippen molar-refractivity contribution in [1.82, 2.24) is 20.2 Å². The first-order valence-electron chi connectivity index (χ1n) is 10.2. The highest BCUT2D eigenvalue weighted by Gasteiger charge is 2.31. The summed E-state index contributed by atoms with van der Waals surface area (Å²) in [6.45, 7) is 2.82. The number of hydrogen-bond acceptors (Lipinski definition) is 6. The fourth-order valence-electron chi connectivity index (χ4n) is 4.02. The van der Waals surface area contributed by atoms with E-state index in [0.717, 1.165) is 43.2 Å². The van der Waals surface area contributed by atoms with Gasteiger partial charge in [-0.1, -0.05) is 18.2 Å². The van der Waals surface area contributed by atoms with Crippen molar-refractivity contribution in [2.24, 2.45) is 5.92 Å². The van der Waals surface area contributed by atoms with Gasteiger partial charge in [0.25, 0.3) is 5.91 Å². The topological polar surface area (TPSA) is 67.3 Å². The number of aromatic nitrogens is 2. The molecule has 2 aromatic heterocycles. The zero-order valence-electron chi connectivity index (χ0n) is 17.0. The lowest BCUT2D eigenvalue weighted by atomic mass is 9.90. The van der Waals surface area contributed by atoms with Crippen LogP contribution < -0.4 is 10.1 Å². The molecule has 2 atom stereocenters. The maximum Gasteiger partial charge on any atom is 0.270 e. The molecule has 156 valence electrons. The van der Waals surface area contributed by atoms with Crippen LogP contribution in [0, 0.1) is 5.92 Å². The Labute approximate surface area is 180 Å². The lowest BCUT2D eigenvalue weighted by Crippen LogP contribution is -2.42. The zero-order chi connectivity index (χ0) is 20.8. The highest BCUT2D eigenvalue weighted by Crippen LogP contribution is 2.32. The van der Waals surface area contributed by atoms with Crippen molar-refractivity contribution in [1.29, 1.82) is 0 Å². The molecular formula is C23H26N4O2S. The van der Waals surface area contributed by atoms with Crippen molar-refractivity contribution < 1.29 is 9.53 Å². The molecule has 3 aromatic rings. The number of carbonyl (C=O) groups is 1. The SMILES string of the molecule is COc1cccc(CN2CCC[C@H]([C@@H](NC(=O)c3ccccn3)c3nccs3)C2)c1. The number of thiazole rings is 1. The van der Waals surface area contributed by atoms with Crippen LogP contribution in [0.25, 0.3) is 0 Å². The normalized spacial score (nSPS) is 18.0. The first-order chi connectivity index (χ1) is 14.7. The molecule has 1 amide bonds. The summed E-state index contributed by atoms with van der Waals surface area (Å²) in [5.41, 5.74) is 1.67. The van der Waals surface area contributed by atoms with Crippen LogP contribution in [-0.4, -0.2) is 41.0 Å². The predicted molar refractivity (Wildman–Crippen MR) is 118 cm³/mol. The third kappa shape index (κ3) is 5.04. The molecule has 1 saturated heterocycles. The molecule has 6 nitrogen and oxygen atoms in total. The van der Waals surface area contributed by atoms with Gasteiger partial charge in [0.15, 0.2) is 0 Å². The largest absolute Gasteiger partial charge is 0.497 e. The number of carbonyl (C=O) groups excluding carboxylic acids is 1.